The molecular weight excluding hydrogens is 471 g/mol. The quantitative estimate of drug-likeness (QED) is 0.619. The molecule has 0 bridgehead atoms. The standard InChI is InChI=1S/C19H22Cl2N2O5S2/c1-2-28-16-10-9-14(13-18(16)30(26,27)23-11-4-3-5-12-23)22-29(24,25)17-8-6-7-15(20)19(17)21/h6-10,13,22H,2-5,11-12H2,1H3. The SMILES string of the molecule is CCOc1ccc(NS(=O)(=O)c2cccc(Cl)c2Cl)cc1S(=O)(=O)N1CCCCC1. The van der Waals surface area contributed by atoms with Gasteiger partial charge in [-0.2, -0.15) is 4.31 Å². The lowest BCUT2D eigenvalue weighted by Gasteiger charge is -2.27. The normalized spacial score (nSPS) is 15.7. The van der Waals surface area contributed by atoms with Crippen LogP contribution in [0.4, 0.5) is 5.69 Å². The maximum atomic E-state index is 13.2. The third kappa shape index (κ3) is 4.86. The van der Waals surface area contributed by atoms with E-state index in [1.165, 1.54) is 40.7 Å². The Bertz CT molecular complexity index is 1130. The summed E-state index contributed by atoms with van der Waals surface area (Å²) in [6, 6.07) is 8.41. The summed E-state index contributed by atoms with van der Waals surface area (Å²) in [7, 11) is -7.94. The Morgan fingerprint density at radius 1 is 1.00 bits per heavy atom. The molecule has 2 aromatic rings. The van der Waals surface area contributed by atoms with Gasteiger partial charge in [0.2, 0.25) is 10.0 Å². The van der Waals surface area contributed by atoms with E-state index in [-0.39, 0.29) is 37.9 Å². The van der Waals surface area contributed by atoms with Crippen LogP contribution in [-0.2, 0) is 20.0 Å². The number of ether oxygens (including phenoxy) is 1. The minimum Gasteiger partial charge on any atom is -0.492 e. The number of piperidine rings is 1. The molecule has 1 fully saturated rings. The lowest BCUT2D eigenvalue weighted by Crippen LogP contribution is -2.35. The molecule has 0 spiro atoms. The van der Waals surface area contributed by atoms with Crippen molar-refractivity contribution in [2.24, 2.45) is 0 Å². The lowest BCUT2D eigenvalue weighted by atomic mass is 10.2. The van der Waals surface area contributed by atoms with E-state index in [1.54, 1.807) is 6.92 Å². The molecule has 1 N–H and O–H groups in total. The fourth-order valence-corrected chi connectivity index (χ4v) is 6.68. The number of rotatable bonds is 7. The fourth-order valence-electron chi connectivity index (χ4n) is 3.19. The zero-order valence-electron chi connectivity index (χ0n) is 16.3. The zero-order valence-corrected chi connectivity index (χ0v) is 19.4. The molecule has 1 heterocycles. The van der Waals surface area contributed by atoms with Crippen molar-refractivity contribution >= 4 is 48.9 Å². The Kier molecular flexibility index (Phi) is 7.19. The number of halogens is 2. The van der Waals surface area contributed by atoms with Crippen LogP contribution in [0.15, 0.2) is 46.2 Å². The molecule has 0 atom stereocenters. The molecule has 0 amide bonds. The van der Waals surface area contributed by atoms with E-state index in [0.29, 0.717) is 13.1 Å². The average Bonchev–Trinajstić information content (AvgIpc) is 2.71. The smallest absolute Gasteiger partial charge is 0.263 e. The van der Waals surface area contributed by atoms with Crippen molar-refractivity contribution in [3.8, 4) is 5.75 Å². The van der Waals surface area contributed by atoms with E-state index >= 15 is 0 Å². The van der Waals surface area contributed by atoms with Crippen LogP contribution >= 0.6 is 23.2 Å². The molecule has 0 aliphatic carbocycles. The number of benzene rings is 2. The maximum absolute atomic E-state index is 13.2. The van der Waals surface area contributed by atoms with Gasteiger partial charge in [0.05, 0.1) is 22.3 Å². The van der Waals surface area contributed by atoms with E-state index < -0.39 is 20.0 Å². The maximum Gasteiger partial charge on any atom is 0.263 e. The van der Waals surface area contributed by atoms with E-state index in [1.807, 2.05) is 0 Å². The molecule has 30 heavy (non-hydrogen) atoms. The van der Waals surface area contributed by atoms with Crippen LogP contribution < -0.4 is 9.46 Å². The predicted octanol–water partition coefficient (Wildman–Crippen LogP) is 4.37. The van der Waals surface area contributed by atoms with Gasteiger partial charge in [-0.1, -0.05) is 35.7 Å². The molecule has 1 aliphatic heterocycles. The van der Waals surface area contributed by atoms with Gasteiger partial charge in [-0.05, 0) is 50.1 Å². The van der Waals surface area contributed by atoms with Gasteiger partial charge in [-0.15, -0.1) is 0 Å². The molecule has 0 unspecified atom stereocenters. The molecule has 3 rings (SSSR count). The second-order valence-electron chi connectivity index (χ2n) is 6.72. The Labute approximate surface area is 187 Å². The molecule has 1 saturated heterocycles. The van der Waals surface area contributed by atoms with Gasteiger partial charge >= 0.3 is 0 Å². The highest BCUT2D eigenvalue weighted by Gasteiger charge is 2.30. The van der Waals surface area contributed by atoms with Crippen molar-refractivity contribution in [3.63, 3.8) is 0 Å². The van der Waals surface area contributed by atoms with Crippen LogP contribution in [0.1, 0.15) is 26.2 Å². The molecule has 2 aromatic carbocycles. The number of nitrogens with one attached hydrogen (secondary N) is 1. The summed E-state index contributed by atoms with van der Waals surface area (Å²) < 4.78 is 61.3. The molecule has 0 radical (unpaired) electrons. The van der Waals surface area contributed by atoms with Crippen LogP contribution in [0.5, 0.6) is 5.75 Å². The van der Waals surface area contributed by atoms with Crippen molar-refractivity contribution in [2.45, 2.75) is 36.0 Å². The zero-order chi connectivity index (χ0) is 21.9. The van der Waals surface area contributed by atoms with E-state index in [4.69, 9.17) is 27.9 Å². The topological polar surface area (TPSA) is 92.8 Å². The number of sulfonamides is 2. The van der Waals surface area contributed by atoms with Gasteiger partial charge in [-0.25, -0.2) is 16.8 Å². The Morgan fingerprint density at radius 2 is 1.70 bits per heavy atom. The Hall–Kier alpha value is -1.52. The van der Waals surface area contributed by atoms with Gasteiger partial charge in [0.1, 0.15) is 15.5 Å². The molecule has 164 valence electrons. The largest absolute Gasteiger partial charge is 0.492 e. The van der Waals surface area contributed by atoms with Gasteiger partial charge in [-0.3, -0.25) is 4.72 Å². The second-order valence-corrected chi connectivity index (χ2v) is 11.1. The van der Waals surface area contributed by atoms with Gasteiger partial charge in [0, 0.05) is 13.1 Å². The second kappa shape index (κ2) is 9.32. The van der Waals surface area contributed by atoms with E-state index in [9.17, 15) is 16.8 Å². The summed E-state index contributed by atoms with van der Waals surface area (Å²) >= 11 is 12.0. The summed E-state index contributed by atoms with van der Waals surface area (Å²) in [5, 5.41) is -0.0154. The van der Waals surface area contributed by atoms with Gasteiger partial charge in [0.15, 0.2) is 0 Å². The number of hydrogen-bond acceptors (Lipinski definition) is 5. The van der Waals surface area contributed by atoms with Crippen LogP contribution in [0.2, 0.25) is 10.0 Å². The minimum absolute atomic E-state index is 0.0741. The molecule has 1 aliphatic rings. The predicted molar refractivity (Wildman–Crippen MR) is 117 cm³/mol. The first kappa shape index (κ1) is 23.1. The summed E-state index contributed by atoms with van der Waals surface area (Å²) in [6.07, 6.45) is 2.54. The highest BCUT2D eigenvalue weighted by molar-refractivity contribution is 7.93. The lowest BCUT2D eigenvalue weighted by molar-refractivity contribution is 0.323. The first-order valence-corrected chi connectivity index (χ1v) is 13.1. The monoisotopic (exact) mass is 492 g/mol. The molecule has 0 aromatic heterocycles. The molecule has 0 saturated carbocycles. The third-order valence-electron chi connectivity index (χ3n) is 4.63. The number of nitrogens with zero attached hydrogens (tertiary/aromatic N) is 1. The van der Waals surface area contributed by atoms with Crippen molar-refractivity contribution < 1.29 is 21.6 Å². The summed E-state index contributed by atoms with van der Waals surface area (Å²) in [4.78, 5) is -0.283. The summed E-state index contributed by atoms with van der Waals surface area (Å²) in [5.41, 5.74) is 0.0741. The fraction of sp³-hybridized carbons (Fsp3) is 0.368. The first-order chi connectivity index (χ1) is 14.2. The molecule has 7 nitrogen and oxygen atoms in total. The van der Waals surface area contributed by atoms with Crippen molar-refractivity contribution in [2.75, 3.05) is 24.4 Å². The summed E-state index contributed by atoms with van der Waals surface area (Å²) in [6.45, 7) is 2.85. The van der Waals surface area contributed by atoms with Crippen LogP contribution in [0.3, 0.4) is 0 Å². The van der Waals surface area contributed by atoms with Gasteiger partial charge in [0.25, 0.3) is 10.0 Å². The summed E-state index contributed by atoms with van der Waals surface area (Å²) in [5.74, 6) is 0.173. The molecular formula is C19H22Cl2N2O5S2. The highest BCUT2D eigenvalue weighted by Crippen LogP contribution is 2.34. The van der Waals surface area contributed by atoms with Crippen LogP contribution in [-0.4, -0.2) is 40.8 Å². The van der Waals surface area contributed by atoms with Crippen molar-refractivity contribution in [1.29, 1.82) is 0 Å². The van der Waals surface area contributed by atoms with Crippen molar-refractivity contribution in [3.05, 3.63) is 46.4 Å². The van der Waals surface area contributed by atoms with E-state index in [2.05, 4.69) is 4.72 Å². The highest BCUT2D eigenvalue weighted by atomic mass is 35.5. The Morgan fingerprint density at radius 3 is 2.37 bits per heavy atom. The number of anilines is 1. The van der Waals surface area contributed by atoms with Crippen LogP contribution in [0, 0.1) is 0 Å². The minimum atomic E-state index is -4.09. The molecule has 11 heteroatoms. The van der Waals surface area contributed by atoms with Gasteiger partial charge < -0.3 is 4.74 Å². The average molecular weight is 493 g/mol. The first-order valence-electron chi connectivity index (χ1n) is 9.40. The van der Waals surface area contributed by atoms with Crippen LogP contribution in [0.25, 0.3) is 0 Å². The van der Waals surface area contributed by atoms with Crippen molar-refractivity contribution in [1.82, 2.24) is 4.31 Å². The third-order valence-corrected chi connectivity index (χ3v) is 8.91. The van der Waals surface area contributed by atoms with E-state index in [0.717, 1.165) is 19.3 Å². The Balaban J connectivity index is 2.01. The number of hydrogen-bond donors (Lipinski definition) is 1.